The van der Waals surface area contributed by atoms with Crippen molar-refractivity contribution < 1.29 is 9.72 Å². The number of hydrogen-bond donors (Lipinski definition) is 2. The summed E-state index contributed by atoms with van der Waals surface area (Å²) in [6.45, 7) is 0. The number of H-pyrrole nitrogens is 1. The number of nitrogens with zero attached hydrogens (tertiary/aromatic N) is 2. The van der Waals surface area contributed by atoms with Crippen molar-refractivity contribution in [3.8, 4) is 0 Å². The van der Waals surface area contributed by atoms with Gasteiger partial charge in [0, 0.05) is 17.7 Å². The summed E-state index contributed by atoms with van der Waals surface area (Å²) < 4.78 is 0. The molecule has 0 aliphatic heterocycles. The molecule has 2 N–H and O–H groups in total. The highest BCUT2D eigenvalue weighted by molar-refractivity contribution is 7.98. The largest absolute Gasteiger partial charge is 0.342 e. The zero-order valence-electron chi connectivity index (χ0n) is 14.1. The second-order valence-electron chi connectivity index (χ2n) is 5.75. The SMILES string of the molecule is CSCC[C@H](NC(=O)c1ccc([N+](=O)[O-])cc1)c1nc2ccccc2[nH]1. The van der Waals surface area contributed by atoms with Crippen molar-refractivity contribution in [2.75, 3.05) is 12.0 Å². The molecule has 0 bridgehead atoms. The first-order chi connectivity index (χ1) is 12.6. The van der Waals surface area contributed by atoms with Gasteiger partial charge in [-0.2, -0.15) is 11.8 Å². The van der Waals surface area contributed by atoms with E-state index in [2.05, 4.69) is 15.3 Å². The van der Waals surface area contributed by atoms with Gasteiger partial charge in [0.15, 0.2) is 0 Å². The molecule has 0 spiro atoms. The molecule has 134 valence electrons. The molecule has 1 atom stereocenters. The van der Waals surface area contributed by atoms with Gasteiger partial charge in [-0.15, -0.1) is 0 Å². The third kappa shape index (κ3) is 4.02. The average molecular weight is 370 g/mol. The highest BCUT2D eigenvalue weighted by Gasteiger charge is 2.19. The molecule has 1 heterocycles. The standard InChI is InChI=1S/C18H18N4O3S/c1-26-11-10-16(17-19-14-4-2-3-5-15(14)20-17)21-18(23)12-6-8-13(9-7-12)22(24)25/h2-9,16H,10-11H2,1H3,(H,19,20)(H,21,23)/t16-/m0/s1. The van der Waals surface area contributed by atoms with Crippen LogP contribution in [0.1, 0.15) is 28.6 Å². The summed E-state index contributed by atoms with van der Waals surface area (Å²) in [5, 5.41) is 13.7. The Hall–Kier alpha value is -2.87. The topological polar surface area (TPSA) is 101 Å². The average Bonchev–Trinajstić information content (AvgIpc) is 3.09. The van der Waals surface area contributed by atoms with E-state index in [9.17, 15) is 14.9 Å². The van der Waals surface area contributed by atoms with E-state index in [1.807, 2.05) is 30.5 Å². The molecule has 1 aromatic heterocycles. The summed E-state index contributed by atoms with van der Waals surface area (Å²) >= 11 is 1.69. The lowest BCUT2D eigenvalue weighted by molar-refractivity contribution is -0.384. The van der Waals surface area contributed by atoms with Gasteiger partial charge in [-0.05, 0) is 42.7 Å². The van der Waals surface area contributed by atoms with Crippen molar-refractivity contribution in [3.63, 3.8) is 0 Å². The Bertz CT molecular complexity index is 891. The van der Waals surface area contributed by atoms with Crippen LogP contribution < -0.4 is 5.32 Å². The number of amides is 1. The summed E-state index contributed by atoms with van der Waals surface area (Å²) in [7, 11) is 0. The van der Waals surface area contributed by atoms with Gasteiger partial charge in [-0.3, -0.25) is 14.9 Å². The molecule has 0 aliphatic carbocycles. The Morgan fingerprint density at radius 1 is 1.27 bits per heavy atom. The van der Waals surface area contributed by atoms with Crippen molar-refractivity contribution >= 4 is 34.4 Å². The first-order valence-electron chi connectivity index (χ1n) is 8.07. The van der Waals surface area contributed by atoms with E-state index in [1.165, 1.54) is 24.3 Å². The number of thioether (sulfide) groups is 1. The number of hydrogen-bond acceptors (Lipinski definition) is 5. The van der Waals surface area contributed by atoms with E-state index < -0.39 is 4.92 Å². The molecular weight excluding hydrogens is 352 g/mol. The summed E-state index contributed by atoms with van der Waals surface area (Å²) in [5.41, 5.74) is 2.10. The smallest absolute Gasteiger partial charge is 0.269 e. The van der Waals surface area contributed by atoms with Gasteiger partial charge < -0.3 is 10.3 Å². The fraction of sp³-hybridized carbons (Fsp3) is 0.222. The van der Waals surface area contributed by atoms with Crippen molar-refractivity contribution in [1.29, 1.82) is 0 Å². The van der Waals surface area contributed by atoms with E-state index in [-0.39, 0.29) is 17.6 Å². The van der Waals surface area contributed by atoms with Crippen LogP contribution >= 0.6 is 11.8 Å². The summed E-state index contributed by atoms with van der Waals surface area (Å²) in [6.07, 6.45) is 2.73. The number of non-ortho nitro benzene ring substituents is 1. The molecule has 0 aliphatic rings. The number of carbonyl (C=O) groups excluding carboxylic acids is 1. The Labute approximate surface area is 154 Å². The van der Waals surface area contributed by atoms with Crippen LogP contribution in [0.4, 0.5) is 5.69 Å². The summed E-state index contributed by atoms with van der Waals surface area (Å²) in [4.78, 5) is 30.7. The number of imidazole rings is 1. The molecule has 3 aromatic rings. The van der Waals surface area contributed by atoms with Crippen molar-refractivity contribution in [2.24, 2.45) is 0 Å². The van der Waals surface area contributed by atoms with Gasteiger partial charge in [0.25, 0.3) is 11.6 Å². The molecule has 0 saturated carbocycles. The molecule has 1 amide bonds. The minimum Gasteiger partial charge on any atom is -0.342 e. The zero-order chi connectivity index (χ0) is 18.5. The van der Waals surface area contributed by atoms with Crippen molar-refractivity contribution in [2.45, 2.75) is 12.5 Å². The number of para-hydroxylation sites is 2. The number of aromatic amines is 1. The number of aromatic nitrogens is 2. The minimum atomic E-state index is -0.489. The van der Waals surface area contributed by atoms with Crippen LogP contribution in [0.2, 0.25) is 0 Å². The van der Waals surface area contributed by atoms with Crippen LogP contribution in [0.3, 0.4) is 0 Å². The molecule has 26 heavy (non-hydrogen) atoms. The number of nitro benzene ring substituents is 1. The second-order valence-corrected chi connectivity index (χ2v) is 6.74. The summed E-state index contributed by atoms with van der Waals surface area (Å²) in [6, 6.07) is 13.0. The first-order valence-corrected chi connectivity index (χ1v) is 9.47. The molecule has 0 unspecified atom stereocenters. The number of nitro groups is 1. The molecule has 0 saturated heterocycles. The van der Waals surface area contributed by atoms with E-state index in [4.69, 9.17) is 0 Å². The minimum absolute atomic E-state index is 0.0437. The maximum atomic E-state index is 12.6. The quantitative estimate of drug-likeness (QED) is 0.488. The molecule has 0 radical (unpaired) electrons. The Kier molecular flexibility index (Phi) is 5.52. The van der Waals surface area contributed by atoms with Crippen LogP contribution in [-0.2, 0) is 0 Å². The van der Waals surface area contributed by atoms with Crippen LogP contribution in [0.15, 0.2) is 48.5 Å². The second kappa shape index (κ2) is 8.01. The number of fused-ring (bicyclic) bond motifs is 1. The van der Waals surface area contributed by atoms with Crippen molar-refractivity contribution in [3.05, 3.63) is 70.0 Å². The van der Waals surface area contributed by atoms with Crippen molar-refractivity contribution in [1.82, 2.24) is 15.3 Å². The first kappa shape index (κ1) is 17.9. The van der Waals surface area contributed by atoms with E-state index in [0.717, 1.165) is 23.2 Å². The predicted molar refractivity (Wildman–Crippen MR) is 102 cm³/mol. The van der Waals surface area contributed by atoms with Crippen LogP contribution in [-0.4, -0.2) is 32.8 Å². The maximum Gasteiger partial charge on any atom is 0.269 e. The van der Waals surface area contributed by atoms with Gasteiger partial charge >= 0.3 is 0 Å². The Morgan fingerprint density at radius 3 is 2.65 bits per heavy atom. The molecular formula is C18H18N4O3S. The lowest BCUT2D eigenvalue weighted by Crippen LogP contribution is -2.29. The third-order valence-electron chi connectivity index (χ3n) is 3.99. The molecule has 2 aromatic carbocycles. The highest BCUT2D eigenvalue weighted by Crippen LogP contribution is 2.21. The normalized spacial score (nSPS) is 12.0. The van der Waals surface area contributed by atoms with Gasteiger partial charge in [-0.25, -0.2) is 4.98 Å². The molecule has 8 heteroatoms. The predicted octanol–water partition coefficient (Wildman–Crippen LogP) is 3.70. The lowest BCUT2D eigenvalue weighted by Gasteiger charge is -2.16. The van der Waals surface area contributed by atoms with Gasteiger partial charge in [-0.1, -0.05) is 12.1 Å². The molecule has 3 rings (SSSR count). The Balaban J connectivity index is 1.81. The number of benzene rings is 2. The lowest BCUT2D eigenvalue weighted by atomic mass is 10.1. The zero-order valence-corrected chi connectivity index (χ0v) is 15.0. The van der Waals surface area contributed by atoms with Crippen LogP contribution in [0.5, 0.6) is 0 Å². The monoisotopic (exact) mass is 370 g/mol. The van der Waals surface area contributed by atoms with Crippen LogP contribution in [0, 0.1) is 10.1 Å². The maximum absolute atomic E-state index is 12.6. The van der Waals surface area contributed by atoms with E-state index in [1.54, 1.807) is 11.8 Å². The fourth-order valence-electron chi connectivity index (χ4n) is 2.63. The van der Waals surface area contributed by atoms with E-state index >= 15 is 0 Å². The Morgan fingerprint density at radius 2 is 2.00 bits per heavy atom. The number of nitrogens with one attached hydrogen (secondary N) is 2. The number of rotatable bonds is 7. The third-order valence-corrected chi connectivity index (χ3v) is 4.64. The van der Waals surface area contributed by atoms with E-state index in [0.29, 0.717) is 11.4 Å². The number of carbonyl (C=O) groups is 1. The molecule has 0 fully saturated rings. The highest BCUT2D eigenvalue weighted by atomic mass is 32.2. The van der Waals surface area contributed by atoms with Gasteiger partial charge in [0.1, 0.15) is 5.82 Å². The van der Waals surface area contributed by atoms with Gasteiger partial charge in [0.2, 0.25) is 0 Å². The van der Waals surface area contributed by atoms with Crippen LogP contribution in [0.25, 0.3) is 11.0 Å². The summed E-state index contributed by atoms with van der Waals surface area (Å²) in [5.74, 6) is 1.28. The fourth-order valence-corrected chi connectivity index (χ4v) is 3.10. The molecule has 7 nitrogen and oxygen atoms in total. The van der Waals surface area contributed by atoms with Gasteiger partial charge in [0.05, 0.1) is 22.0 Å².